The van der Waals surface area contributed by atoms with E-state index in [1.54, 1.807) is 0 Å². The van der Waals surface area contributed by atoms with E-state index in [9.17, 15) is 0 Å². The summed E-state index contributed by atoms with van der Waals surface area (Å²) in [6.07, 6.45) is 3.79. The van der Waals surface area contributed by atoms with Crippen molar-refractivity contribution in [2.75, 3.05) is 11.9 Å². The maximum absolute atomic E-state index is 5.96. The molecule has 0 aromatic heterocycles. The van der Waals surface area contributed by atoms with Gasteiger partial charge < -0.3 is 11.1 Å². The van der Waals surface area contributed by atoms with E-state index in [1.807, 2.05) is 6.07 Å². The van der Waals surface area contributed by atoms with Crippen LogP contribution in [0.4, 0.5) is 5.69 Å². The summed E-state index contributed by atoms with van der Waals surface area (Å²) in [6.45, 7) is 7.47. The number of nitrogens with two attached hydrogens (primary N) is 1. The minimum absolute atomic E-state index is 0. The van der Waals surface area contributed by atoms with Gasteiger partial charge in [-0.05, 0) is 48.3 Å². The monoisotopic (exact) mass is 387 g/mol. The fourth-order valence-electron chi connectivity index (χ4n) is 2.22. The second-order valence-electron chi connectivity index (χ2n) is 5.96. The molecule has 3 nitrogen and oxygen atoms in total. The van der Waals surface area contributed by atoms with Gasteiger partial charge in [-0.1, -0.05) is 32.9 Å². The Labute approximate surface area is 139 Å². The zero-order valence-corrected chi connectivity index (χ0v) is 15.0. The Bertz CT molecular complexity index is 465. The molecule has 0 aliphatic heterocycles. The van der Waals surface area contributed by atoms with Gasteiger partial charge in [-0.3, -0.25) is 4.99 Å². The van der Waals surface area contributed by atoms with Crippen molar-refractivity contribution in [3.63, 3.8) is 0 Å². The lowest BCUT2D eigenvalue weighted by atomic mass is 10.0. The summed E-state index contributed by atoms with van der Waals surface area (Å²) >= 11 is 0. The van der Waals surface area contributed by atoms with Crippen LogP contribution in [0.25, 0.3) is 0 Å². The van der Waals surface area contributed by atoms with Crippen LogP contribution in [-0.2, 0) is 0 Å². The van der Waals surface area contributed by atoms with Gasteiger partial charge >= 0.3 is 0 Å². The van der Waals surface area contributed by atoms with Gasteiger partial charge in [0.05, 0.1) is 0 Å². The van der Waals surface area contributed by atoms with E-state index in [2.05, 4.69) is 49.3 Å². The van der Waals surface area contributed by atoms with Gasteiger partial charge in [0.1, 0.15) is 0 Å². The molecule has 20 heavy (non-hydrogen) atoms. The number of hydrogen-bond acceptors (Lipinski definition) is 1. The summed E-state index contributed by atoms with van der Waals surface area (Å²) in [7, 11) is 0. The molecule has 3 N–H and O–H groups in total. The van der Waals surface area contributed by atoms with Gasteiger partial charge in [-0.25, -0.2) is 0 Å². The summed E-state index contributed by atoms with van der Waals surface area (Å²) in [6, 6.07) is 8.36. The predicted molar refractivity (Wildman–Crippen MR) is 98.0 cm³/mol. The molecule has 1 saturated carbocycles. The molecule has 1 aliphatic carbocycles. The lowest BCUT2D eigenvalue weighted by Crippen LogP contribution is -2.24. The van der Waals surface area contributed by atoms with Crippen molar-refractivity contribution in [1.29, 1.82) is 0 Å². The van der Waals surface area contributed by atoms with E-state index in [1.165, 1.54) is 24.8 Å². The van der Waals surface area contributed by atoms with Gasteiger partial charge in [0.25, 0.3) is 0 Å². The molecule has 0 spiro atoms. The Morgan fingerprint density at radius 3 is 2.65 bits per heavy atom. The van der Waals surface area contributed by atoms with Gasteiger partial charge in [0, 0.05) is 12.2 Å². The first-order valence-electron chi connectivity index (χ1n) is 7.21. The molecule has 1 aromatic carbocycles. The minimum Gasteiger partial charge on any atom is -0.370 e. The zero-order valence-electron chi connectivity index (χ0n) is 12.6. The third-order valence-corrected chi connectivity index (χ3v) is 4.12. The number of aliphatic imine (C=N–C) groups is 1. The maximum Gasteiger partial charge on any atom is 0.193 e. The highest BCUT2D eigenvalue weighted by Gasteiger charge is 2.40. The fourth-order valence-corrected chi connectivity index (χ4v) is 2.22. The van der Waals surface area contributed by atoms with Crippen LogP contribution in [0.15, 0.2) is 29.3 Å². The Hall–Kier alpha value is -0.780. The largest absolute Gasteiger partial charge is 0.370 e. The zero-order chi connectivity index (χ0) is 13.9. The van der Waals surface area contributed by atoms with E-state index < -0.39 is 0 Å². The Balaban J connectivity index is 0.00000200. The van der Waals surface area contributed by atoms with Crippen molar-refractivity contribution in [2.24, 2.45) is 16.1 Å². The van der Waals surface area contributed by atoms with E-state index in [0.717, 1.165) is 12.2 Å². The quantitative estimate of drug-likeness (QED) is 0.449. The average Bonchev–Trinajstić information content (AvgIpc) is 3.17. The van der Waals surface area contributed by atoms with Crippen LogP contribution in [0, 0.1) is 5.41 Å². The van der Waals surface area contributed by atoms with Crippen molar-refractivity contribution in [1.82, 2.24) is 0 Å². The highest BCUT2D eigenvalue weighted by molar-refractivity contribution is 14.0. The molecule has 0 bridgehead atoms. The third-order valence-electron chi connectivity index (χ3n) is 4.12. The first kappa shape index (κ1) is 17.3. The van der Waals surface area contributed by atoms with E-state index in [-0.39, 0.29) is 24.0 Å². The predicted octanol–water partition coefficient (Wildman–Crippen LogP) is 4.34. The summed E-state index contributed by atoms with van der Waals surface area (Å²) < 4.78 is 0. The minimum atomic E-state index is 0. The highest BCUT2D eigenvalue weighted by atomic mass is 127. The summed E-state index contributed by atoms with van der Waals surface area (Å²) in [4.78, 5) is 4.48. The van der Waals surface area contributed by atoms with Gasteiger partial charge in [0.2, 0.25) is 0 Å². The number of nitrogens with one attached hydrogen (secondary N) is 1. The number of nitrogens with zero attached hydrogens (tertiary/aromatic N) is 1. The molecule has 0 amide bonds. The van der Waals surface area contributed by atoms with Crippen molar-refractivity contribution in [3.8, 4) is 0 Å². The lowest BCUT2D eigenvalue weighted by molar-refractivity contribution is 0.506. The lowest BCUT2D eigenvalue weighted by Gasteiger charge is -2.12. The third kappa shape index (κ3) is 4.65. The van der Waals surface area contributed by atoms with Crippen LogP contribution in [0.3, 0.4) is 0 Å². The topological polar surface area (TPSA) is 50.4 Å². The van der Waals surface area contributed by atoms with Crippen LogP contribution in [0.2, 0.25) is 0 Å². The van der Waals surface area contributed by atoms with E-state index in [0.29, 0.717) is 17.3 Å². The number of halogens is 1. The van der Waals surface area contributed by atoms with Crippen molar-refractivity contribution in [2.45, 2.75) is 46.0 Å². The van der Waals surface area contributed by atoms with Crippen LogP contribution in [0.5, 0.6) is 0 Å². The molecule has 0 heterocycles. The highest BCUT2D eigenvalue weighted by Crippen LogP contribution is 2.48. The van der Waals surface area contributed by atoms with Crippen LogP contribution < -0.4 is 11.1 Å². The number of rotatable bonds is 5. The first-order chi connectivity index (χ1) is 9.04. The van der Waals surface area contributed by atoms with Crippen LogP contribution >= 0.6 is 24.0 Å². The standard InChI is InChI=1S/C16H25N3.HI/c1-4-16(8-9-16)11-18-15(17)19-14-7-5-6-13(10-14)12(2)3;/h5-7,10,12H,4,8-9,11H2,1-3H3,(H3,17,18,19);1H. The van der Waals surface area contributed by atoms with E-state index in [4.69, 9.17) is 5.73 Å². The Kier molecular flexibility index (Phi) is 6.30. The molecule has 0 saturated heterocycles. The van der Waals surface area contributed by atoms with Crippen molar-refractivity contribution >= 4 is 35.6 Å². The number of anilines is 1. The molecule has 4 heteroatoms. The molecule has 1 aliphatic rings. The second-order valence-corrected chi connectivity index (χ2v) is 5.96. The van der Waals surface area contributed by atoms with Crippen molar-refractivity contribution in [3.05, 3.63) is 29.8 Å². The Morgan fingerprint density at radius 1 is 1.40 bits per heavy atom. The SMILES string of the molecule is CCC1(CN=C(N)Nc2cccc(C(C)C)c2)CC1.I. The first-order valence-corrected chi connectivity index (χ1v) is 7.21. The van der Waals surface area contributed by atoms with E-state index >= 15 is 0 Å². The summed E-state index contributed by atoms with van der Waals surface area (Å²) in [5, 5.41) is 3.19. The smallest absolute Gasteiger partial charge is 0.193 e. The molecule has 2 rings (SSSR count). The van der Waals surface area contributed by atoms with Gasteiger partial charge in [0.15, 0.2) is 5.96 Å². The maximum atomic E-state index is 5.96. The van der Waals surface area contributed by atoms with Crippen molar-refractivity contribution < 1.29 is 0 Å². The van der Waals surface area contributed by atoms with Gasteiger partial charge in [-0.2, -0.15) is 0 Å². The molecular weight excluding hydrogens is 361 g/mol. The molecule has 0 unspecified atom stereocenters. The molecule has 1 fully saturated rings. The fraction of sp³-hybridized carbons (Fsp3) is 0.562. The number of guanidine groups is 1. The molecule has 112 valence electrons. The normalized spacial score (nSPS) is 16.7. The molecule has 0 radical (unpaired) electrons. The second kappa shape index (κ2) is 7.29. The molecular formula is C16H26IN3. The summed E-state index contributed by atoms with van der Waals surface area (Å²) in [5.74, 6) is 1.05. The number of benzene rings is 1. The summed E-state index contributed by atoms with van der Waals surface area (Å²) in [5.41, 5.74) is 8.74. The van der Waals surface area contributed by atoms with Gasteiger partial charge in [-0.15, -0.1) is 24.0 Å². The van der Waals surface area contributed by atoms with Crippen LogP contribution in [0.1, 0.15) is 51.5 Å². The number of hydrogen-bond donors (Lipinski definition) is 2. The average molecular weight is 387 g/mol. The molecule has 1 aromatic rings. The Morgan fingerprint density at radius 2 is 2.10 bits per heavy atom. The van der Waals surface area contributed by atoms with Crippen LogP contribution in [-0.4, -0.2) is 12.5 Å². The molecule has 0 atom stereocenters.